The Balaban J connectivity index is 0.00000101. The third kappa shape index (κ3) is 11.5. The summed E-state index contributed by atoms with van der Waals surface area (Å²) in [5.41, 5.74) is 7.80. The normalized spacial score (nSPS) is 9.32. The van der Waals surface area contributed by atoms with Crippen LogP contribution in [0.25, 0.3) is 11.6 Å². The fourth-order valence-corrected chi connectivity index (χ4v) is 3.72. The highest BCUT2D eigenvalue weighted by Gasteiger charge is 2.07. The lowest BCUT2D eigenvalue weighted by molar-refractivity contribution is -0.0979. The number of nitrogens with zero attached hydrogens (tertiary/aromatic N) is 1. The smallest absolute Gasteiger partial charge is 0.106 e. The van der Waals surface area contributed by atoms with E-state index in [-0.39, 0.29) is 0 Å². The van der Waals surface area contributed by atoms with Crippen molar-refractivity contribution >= 4 is 41.4 Å². The summed E-state index contributed by atoms with van der Waals surface area (Å²) in [6.45, 7) is 22.7. The highest BCUT2D eigenvalue weighted by molar-refractivity contribution is 6.30. The summed E-state index contributed by atoms with van der Waals surface area (Å²) >= 11 is 5.97. The first kappa shape index (κ1) is 33.6. The van der Waals surface area contributed by atoms with Gasteiger partial charge in [-0.3, -0.25) is 0 Å². The van der Waals surface area contributed by atoms with E-state index in [1.54, 1.807) is 0 Å². The van der Waals surface area contributed by atoms with Gasteiger partial charge >= 0.3 is 0 Å². The van der Waals surface area contributed by atoms with E-state index >= 15 is 0 Å². The van der Waals surface area contributed by atoms with Gasteiger partial charge in [0.15, 0.2) is 0 Å². The maximum absolute atomic E-state index is 8.00. The number of hydrogen-bond donors (Lipinski definition) is 0. The molecule has 0 spiro atoms. The highest BCUT2D eigenvalue weighted by Crippen LogP contribution is 2.29. The second-order valence-corrected chi connectivity index (χ2v) is 8.83. The van der Waals surface area contributed by atoms with Crippen molar-refractivity contribution in [2.45, 2.75) is 52.9 Å². The number of anilines is 2. The van der Waals surface area contributed by atoms with Gasteiger partial charge in [-0.15, -0.1) is 13.2 Å². The van der Waals surface area contributed by atoms with Crippen LogP contribution in [0.15, 0.2) is 93.0 Å². The van der Waals surface area contributed by atoms with Crippen molar-refractivity contribution in [3.8, 4) is 0 Å². The van der Waals surface area contributed by atoms with E-state index in [0.717, 1.165) is 38.7 Å². The molecule has 0 N–H and O–H groups in total. The van der Waals surface area contributed by atoms with E-state index in [0.29, 0.717) is 0 Å². The van der Waals surface area contributed by atoms with Crippen molar-refractivity contribution in [2.24, 2.45) is 0 Å². The molecule has 198 valence electrons. The maximum atomic E-state index is 8.00. The van der Waals surface area contributed by atoms with E-state index in [1.165, 1.54) is 37.7 Å². The minimum absolute atomic E-state index is 0.741. The Morgan fingerprint density at radius 2 is 1.27 bits per heavy atom. The fourth-order valence-electron chi connectivity index (χ4n) is 3.59. The van der Waals surface area contributed by atoms with Crippen molar-refractivity contribution in [1.82, 2.24) is 0 Å². The van der Waals surface area contributed by atoms with Gasteiger partial charge in [0, 0.05) is 23.4 Å². The summed E-state index contributed by atoms with van der Waals surface area (Å²) < 4.78 is 0. The Bertz CT molecular complexity index is 1050. The molecule has 0 heterocycles. The van der Waals surface area contributed by atoms with Crippen LogP contribution >= 0.6 is 11.6 Å². The zero-order valence-electron chi connectivity index (χ0n) is 23.2. The van der Waals surface area contributed by atoms with Crippen LogP contribution in [0.4, 0.5) is 11.4 Å². The third-order valence-corrected chi connectivity index (χ3v) is 6.12. The summed E-state index contributed by atoms with van der Waals surface area (Å²) in [4.78, 5) is 10.1. The van der Waals surface area contributed by atoms with Crippen LogP contribution in [-0.2, 0) is 4.79 Å². The van der Waals surface area contributed by atoms with Crippen molar-refractivity contribution in [3.63, 3.8) is 0 Å². The number of carbonyl (C=O) groups excluding carboxylic acids is 1. The molecule has 3 heteroatoms. The Kier molecular flexibility index (Phi) is 18.0. The molecule has 0 aromatic heterocycles. The number of hydrogen-bond acceptors (Lipinski definition) is 2. The molecular weight excluding hydrogens is 474 g/mol. The average molecular weight is 518 g/mol. The first-order valence-corrected chi connectivity index (χ1v) is 13.1. The van der Waals surface area contributed by atoms with Crippen LogP contribution in [0.2, 0.25) is 5.02 Å². The Morgan fingerprint density at radius 3 is 1.73 bits per heavy atom. The number of aryl methyl sites for hydroxylation is 1. The molecule has 0 fully saturated rings. The Morgan fingerprint density at radius 1 is 0.811 bits per heavy atom. The predicted octanol–water partition coefficient (Wildman–Crippen LogP) is 10.7. The van der Waals surface area contributed by atoms with Crippen molar-refractivity contribution in [3.05, 3.63) is 120 Å². The summed E-state index contributed by atoms with van der Waals surface area (Å²) in [5, 5.41) is 0.741. The van der Waals surface area contributed by atoms with E-state index < -0.39 is 0 Å². The largest absolute Gasteiger partial charge is 0.345 e. The molecule has 2 nitrogen and oxygen atoms in total. The molecule has 0 bridgehead atoms. The van der Waals surface area contributed by atoms with Gasteiger partial charge in [0.2, 0.25) is 0 Å². The van der Waals surface area contributed by atoms with Gasteiger partial charge < -0.3 is 9.69 Å². The molecule has 0 aliphatic carbocycles. The number of rotatable bonds is 9. The number of benzene rings is 3. The van der Waals surface area contributed by atoms with Crippen LogP contribution in [0.1, 0.15) is 68.2 Å². The van der Waals surface area contributed by atoms with Crippen molar-refractivity contribution in [2.75, 3.05) is 11.9 Å². The number of halogens is 1. The van der Waals surface area contributed by atoms with Gasteiger partial charge in [-0.05, 0) is 77.2 Å². The predicted molar refractivity (Wildman–Crippen MR) is 168 cm³/mol. The molecule has 0 atom stereocenters. The molecule has 0 aliphatic heterocycles. The zero-order chi connectivity index (χ0) is 28.2. The molecule has 37 heavy (non-hydrogen) atoms. The van der Waals surface area contributed by atoms with Crippen LogP contribution in [-0.4, -0.2) is 13.8 Å². The van der Waals surface area contributed by atoms with Crippen LogP contribution in [0, 0.1) is 6.92 Å². The zero-order valence-corrected chi connectivity index (χ0v) is 24.0. The van der Waals surface area contributed by atoms with Gasteiger partial charge in [0.05, 0.1) is 0 Å². The molecule has 0 amide bonds. The summed E-state index contributed by atoms with van der Waals surface area (Å²) in [7, 11) is 2.05. The Labute approximate surface area is 231 Å². The summed E-state index contributed by atoms with van der Waals surface area (Å²) in [5.74, 6) is 0. The molecule has 0 unspecified atom stereocenters. The Hall–Kier alpha value is -3.36. The highest BCUT2D eigenvalue weighted by atomic mass is 35.5. The topological polar surface area (TPSA) is 20.3 Å². The van der Waals surface area contributed by atoms with E-state index in [2.05, 4.69) is 94.5 Å². The average Bonchev–Trinajstić information content (AvgIpc) is 2.96. The lowest BCUT2D eigenvalue weighted by Gasteiger charge is -2.20. The standard InChI is InChI=1S/C24H22ClN.C7H16.C2H4.CH2O/c1-5-19-16-21(7-6-17(19)2)18(3)20-8-12-23(13-9-20)26(4)24-14-10-22(25)11-15-24;1-3-5-7-6-4-2;2*1-2/h5-16H,1,3H2,2,4H3;3-7H2,1-2H3;1-2H2;1H2. The van der Waals surface area contributed by atoms with Crippen molar-refractivity contribution in [1.29, 1.82) is 0 Å². The first-order valence-electron chi connectivity index (χ1n) is 12.7. The number of carbonyl (C=O) groups is 1. The lowest BCUT2D eigenvalue weighted by atomic mass is 9.96. The quantitative estimate of drug-likeness (QED) is 0.208. The summed E-state index contributed by atoms with van der Waals surface area (Å²) in [6.07, 6.45) is 8.89. The van der Waals surface area contributed by atoms with Crippen molar-refractivity contribution < 1.29 is 4.79 Å². The summed E-state index contributed by atoms with van der Waals surface area (Å²) in [6, 6.07) is 22.6. The lowest BCUT2D eigenvalue weighted by Crippen LogP contribution is -2.09. The molecule has 3 rings (SSSR count). The SMILES string of the molecule is C=C.C=Cc1cc(C(=C)c2ccc(N(C)c3ccc(Cl)cc3)cc2)ccc1C.C=O.CCCCCCC. The van der Waals surface area contributed by atoms with Gasteiger partial charge in [-0.2, -0.15) is 0 Å². The third-order valence-electron chi connectivity index (χ3n) is 5.87. The van der Waals surface area contributed by atoms with Crippen LogP contribution < -0.4 is 4.90 Å². The maximum Gasteiger partial charge on any atom is 0.106 e. The molecule has 0 saturated heterocycles. The molecule has 0 aliphatic rings. The van der Waals surface area contributed by atoms with Gasteiger partial charge in [0.1, 0.15) is 6.79 Å². The van der Waals surface area contributed by atoms with Crippen LogP contribution in [0.5, 0.6) is 0 Å². The minimum atomic E-state index is 0.741. The second kappa shape index (κ2) is 19.8. The molecule has 0 radical (unpaired) electrons. The fraction of sp³-hybridized carbons (Fsp3) is 0.265. The van der Waals surface area contributed by atoms with E-state index in [1.807, 2.05) is 44.2 Å². The van der Waals surface area contributed by atoms with Crippen LogP contribution in [0.3, 0.4) is 0 Å². The van der Waals surface area contributed by atoms with E-state index in [9.17, 15) is 0 Å². The minimum Gasteiger partial charge on any atom is -0.345 e. The first-order chi connectivity index (χ1) is 17.9. The van der Waals surface area contributed by atoms with Gasteiger partial charge in [-0.1, -0.05) is 101 Å². The molecule has 0 saturated carbocycles. The second-order valence-electron chi connectivity index (χ2n) is 8.40. The molecular formula is C34H44ClNO. The molecule has 3 aromatic carbocycles. The molecule has 3 aromatic rings. The monoisotopic (exact) mass is 517 g/mol. The number of unbranched alkanes of at least 4 members (excludes halogenated alkanes) is 4. The van der Waals surface area contributed by atoms with Gasteiger partial charge in [0.25, 0.3) is 0 Å². The van der Waals surface area contributed by atoms with Gasteiger partial charge in [-0.25, -0.2) is 0 Å². The van der Waals surface area contributed by atoms with E-state index in [4.69, 9.17) is 16.4 Å².